The molecule has 3 heteroatoms. The van der Waals surface area contributed by atoms with Gasteiger partial charge in [0.15, 0.2) is 0 Å². The Hall–Kier alpha value is 0.270. The van der Waals surface area contributed by atoms with Crippen molar-refractivity contribution in [1.82, 2.24) is 10.2 Å². The van der Waals surface area contributed by atoms with Crippen molar-refractivity contribution in [3.05, 3.63) is 0 Å². The molecule has 0 aromatic heterocycles. The van der Waals surface area contributed by atoms with Gasteiger partial charge in [0.1, 0.15) is 0 Å². The minimum Gasteiger partial charge on any atom is -0.313 e. The van der Waals surface area contributed by atoms with E-state index in [1.165, 1.54) is 64.7 Å². The number of hydrogen-bond acceptors (Lipinski definition) is 3. The van der Waals surface area contributed by atoms with Gasteiger partial charge in [-0.25, -0.2) is 0 Å². The summed E-state index contributed by atoms with van der Waals surface area (Å²) in [4.78, 5) is 2.64. The molecule has 1 saturated carbocycles. The fraction of sp³-hybridized carbons (Fsp3) is 1.00. The predicted octanol–water partition coefficient (Wildman–Crippen LogP) is 3.37. The molecule has 1 atom stereocenters. The maximum absolute atomic E-state index is 3.85. The molecular formula is C16H32N2S. The first kappa shape index (κ1) is 15.7. The highest BCUT2D eigenvalue weighted by atomic mass is 32.2. The van der Waals surface area contributed by atoms with Crippen LogP contribution in [0.5, 0.6) is 0 Å². The van der Waals surface area contributed by atoms with Gasteiger partial charge in [0.05, 0.1) is 0 Å². The van der Waals surface area contributed by atoms with Crippen LogP contribution in [0.15, 0.2) is 0 Å². The molecule has 2 aliphatic rings. The summed E-state index contributed by atoms with van der Waals surface area (Å²) in [5.74, 6) is 0.895. The van der Waals surface area contributed by atoms with Crippen molar-refractivity contribution in [3.8, 4) is 0 Å². The monoisotopic (exact) mass is 284 g/mol. The summed E-state index contributed by atoms with van der Waals surface area (Å²) in [6.45, 7) is 9.86. The van der Waals surface area contributed by atoms with Gasteiger partial charge in [0, 0.05) is 17.3 Å². The van der Waals surface area contributed by atoms with Crippen molar-refractivity contribution in [3.63, 3.8) is 0 Å². The van der Waals surface area contributed by atoms with Crippen molar-refractivity contribution in [2.45, 2.75) is 63.2 Å². The highest BCUT2D eigenvalue weighted by Gasteiger charge is 2.36. The van der Waals surface area contributed by atoms with Crippen molar-refractivity contribution in [2.24, 2.45) is 5.92 Å². The Morgan fingerprint density at radius 2 is 2.00 bits per heavy atom. The molecule has 1 aliphatic carbocycles. The maximum atomic E-state index is 3.85. The van der Waals surface area contributed by atoms with Gasteiger partial charge in [0.2, 0.25) is 0 Å². The van der Waals surface area contributed by atoms with Crippen molar-refractivity contribution >= 4 is 11.8 Å². The van der Waals surface area contributed by atoms with Crippen LogP contribution in [-0.4, -0.2) is 48.1 Å². The molecule has 0 radical (unpaired) electrons. The molecule has 0 aromatic carbocycles. The van der Waals surface area contributed by atoms with Gasteiger partial charge in [-0.15, -0.1) is 0 Å². The fourth-order valence-electron chi connectivity index (χ4n) is 3.53. The number of likely N-dealkylation sites (tertiary alicyclic amines) is 1. The second-order valence-electron chi connectivity index (χ2n) is 6.59. The van der Waals surface area contributed by atoms with Gasteiger partial charge in [-0.1, -0.05) is 13.3 Å². The first-order chi connectivity index (χ1) is 9.19. The average Bonchev–Trinajstić information content (AvgIpc) is 2.39. The molecule has 2 fully saturated rings. The van der Waals surface area contributed by atoms with Crippen LogP contribution in [0.2, 0.25) is 0 Å². The normalized spacial score (nSPS) is 26.1. The summed E-state index contributed by atoms with van der Waals surface area (Å²) in [6, 6.07) is 0.702. The molecular weight excluding hydrogens is 252 g/mol. The minimum atomic E-state index is 0.581. The highest BCUT2D eigenvalue weighted by molar-refractivity contribution is 8.00. The topological polar surface area (TPSA) is 15.3 Å². The van der Waals surface area contributed by atoms with E-state index in [0.29, 0.717) is 10.8 Å². The number of nitrogens with zero attached hydrogens (tertiary/aromatic N) is 1. The maximum Gasteiger partial charge on any atom is 0.0281 e. The van der Waals surface area contributed by atoms with E-state index in [4.69, 9.17) is 0 Å². The highest BCUT2D eigenvalue weighted by Crippen LogP contribution is 2.42. The molecule has 2 nitrogen and oxygen atoms in total. The van der Waals surface area contributed by atoms with Gasteiger partial charge < -0.3 is 10.2 Å². The third kappa shape index (κ3) is 4.12. The number of hydrogen-bond donors (Lipinski definition) is 1. The summed E-state index contributed by atoms with van der Waals surface area (Å²) >= 11 is 2.08. The Kier molecular flexibility index (Phi) is 6.04. The van der Waals surface area contributed by atoms with E-state index in [1.807, 2.05) is 0 Å². The van der Waals surface area contributed by atoms with Crippen LogP contribution in [0.25, 0.3) is 0 Å². The van der Waals surface area contributed by atoms with Crippen LogP contribution in [0.4, 0.5) is 0 Å². The zero-order valence-corrected chi connectivity index (χ0v) is 13.9. The molecule has 1 saturated heterocycles. The lowest BCUT2D eigenvalue weighted by Crippen LogP contribution is -2.49. The Morgan fingerprint density at radius 1 is 1.32 bits per heavy atom. The van der Waals surface area contributed by atoms with Crippen molar-refractivity contribution in [1.29, 1.82) is 0 Å². The Balaban J connectivity index is 1.68. The molecule has 0 bridgehead atoms. The summed E-state index contributed by atoms with van der Waals surface area (Å²) < 4.78 is 0.581. The number of rotatable bonds is 7. The zero-order chi connectivity index (χ0) is 13.7. The van der Waals surface area contributed by atoms with Gasteiger partial charge in [-0.05, 0) is 70.8 Å². The summed E-state index contributed by atoms with van der Waals surface area (Å²) in [5, 5.41) is 3.85. The van der Waals surface area contributed by atoms with Crippen LogP contribution >= 0.6 is 11.8 Å². The van der Waals surface area contributed by atoms with E-state index in [2.05, 4.69) is 42.1 Å². The lowest BCUT2D eigenvalue weighted by atomic mass is 9.83. The van der Waals surface area contributed by atoms with E-state index in [1.54, 1.807) is 0 Å². The third-order valence-electron chi connectivity index (χ3n) is 5.32. The van der Waals surface area contributed by atoms with Crippen LogP contribution < -0.4 is 5.32 Å². The molecule has 2 rings (SSSR count). The van der Waals surface area contributed by atoms with Crippen LogP contribution in [0.3, 0.4) is 0 Å². The minimum absolute atomic E-state index is 0.581. The molecule has 1 aliphatic heterocycles. The standard InChI is InChI=1S/C16H32N2S/c1-4-10-18-11-6-15(7-12-18)14(2)17-13-16(19-3)8-5-9-16/h14-15,17H,4-13H2,1-3H3. The third-order valence-corrected chi connectivity index (χ3v) is 6.74. The van der Waals surface area contributed by atoms with Crippen LogP contribution in [-0.2, 0) is 0 Å². The summed E-state index contributed by atoms with van der Waals surface area (Å²) in [5.41, 5.74) is 0. The number of nitrogens with one attached hydrogen (secondary N) is 1. The second-order valence-corrected chi connectivity index (χ2v) is 7.86. The lowest BCUT2D eigenvalue weighted by molar-refractivity contribution is 0.159. The second kappa shape index (κ2) is 7.33. The average molecular weight is 285 g/mol. The number of thioether (sulfide) groups is 1. The molecule has 0 amide bonds. The molecule has 1 unspecified atom stereocenters. The molecule has 1 N–H and O–H groups in total. The molecule has 0 aromatic rings. The number of piperidine rings is 1. The van der Waals surface area contributed by atoms with E-state index in [0.717, 1.165) is 5.92 Å². The van der Waals surface area contributed by atoms with Crippen molar-refractivity contribution in [2.75, 3.05) is 32.4 Å². The Bertz CT molecular complexity index is 252. The Labute approximate surface area is 124 Å². The fourth-order valence-corrected chi connectivity index (χ4v) is 4.46. The Morgan fingerprint density at radius 3 is 2.47 bits per heavy atom. The van der Waals surface area contributed by atoms with E-state index in [9.17, 15) is 0 Å². The van der Waals surface area contributed by atoms with E-state index < -0.39 is 0 Å². The quantitative estimate of drug-likeness (QED) is 0.771. The zero-order valence-electron chi connectivity index (χ0n) is 13.1. The molecule has 112 valence electrons. The first-order valence-corrected chi connectivity index (χ1v) is 9.42. The van der Waals surface area contributed by atoms with Gasteiger partial charge in [0.25, 0.3) is 0 Å². The smallest absolute Gasteiger partial charge is 0.0281 e. The summed E-state index contributed by atoms with van der Waals surface area (Å²) in [6.07, 6.45) is 10.6. The molecule has 1 heterocycles. The van der Waals surface area contributed by atoms with Crippen LogP contribution in [0, 0.1) is 5.92 Å². The van der Waals surface area contributed by atoms with Gasteiger partial charge >= 0.3 is 0 Å². The van der Waals surface area contributed by atoms with E-state index >= 15 is 0 Å². The molecule has 0 spiro atoms. The van der Waals surface area contributed by atoms with Crippen LogP contribution in [0.1, 0.15) is 52.4 Å². The molecule has 19 heavy (non-hydrogen) atoms. The first-order valence-electron chi connectivity index (χ1n) is 8.20. The van der Waals surface area contributed by atoms with E-state index in [-0.39, 0.29) is 0 Å². The van der Waals surface area contributed by atoms with Gasteiger partial charge in [-0.3, -0.25) is 0 Å². The van der Waals surface area contributed by atoms with Gasteiger partial charge in [-0.2, -0.15) is 11.8 Å². The SMILES string of the molecule is CCCN1CCC(C(C)NCC2(SC)CCC2)CC1. The summed E-state index contributed by atoms with van der Waals surface area (Å²) in [7, 11) is 0. The predicted molar refractivity (Wildman–Crippen MR) is 87.0 cm³/mol. The van der Waals surface area contributed by atoms with Crippen molar-refractivity contribution < 1.29 is 0 Å². The lowest BCUT2D eigenvalue weighted by Gasteiger charge is -2.42. The largest absolute Gasteiger partial charge is 0.313 e.